The number of hydroxylamine groups is 8. The number of nitrogens with two attached hydrogens (primary N) is 1. The van der Waals surface area contributed by atoms with Crippen LogP contribution in [0.5, 0.6) is 0 Å². The number of ketones is 4. The number of carbonyl (C=O) groups excluding carboxylic acids is 14. The molecule has 4 aliphatic heterocycles. The summed E-state index contributed by atoms with van der Waals surface area (Å²) in [6.45, 7) is -3.36. The fraction of sp³-hybridized carbons (Fsp3) is 0.740. The van der Waals surface area contributed by atoms with Gasteiger partial charge in [0.15, 0.2) is 23.1 Å². The SMILES string of the molecule is NCC(=O)O.O=C(COCCOCC(COCCOCC(=O)ON1CCCC1=O)(COCCOCC(=O)ON1CCCC1=O)COCCOCC(=O)ON1C(=O)CCC1=O)ON1CCCC1=O.O=C(O)CCC(=O)COCCOCC(COCCOCC(=O)CCC(=O)O)(COCCOCC(=O)CCC(=O)O)COCCOCC(=O)CCC(=O)O.O=CO[O-].[Na+]. The summed E-state index contributed by atoms with van der Waals surface area (Å²) in [5, 5.41) is 54.2. The molecule has 706 valence electrons. The average molecular weight is 1820 g/mol. The van der Waals surface area contributed by atoms with Gasteiger partial charge in [-0.25, -0.2) is 19.2 Å². The summed E-state index contributed by atoms with van der Waals surface area (Å²) >= 11 is 0. The zero-order chi connectivity index (χ0) is 92.0. The van der Waals surface area contributed by atoms with Crippen LogP contribution in [0.1, 0.15) is 103 Å². The molecular formula is C73H112N5NaO46. The van der Waals surface area contributed by atoms with Gasteiger partial charge >= 0.3 is 83.3 Å². The molecule has 0 saturated carbocycles. The summed E-state index contributed by atoms with van der Waals surface area (Å²) in [5.41, 5.74) is 2.50. The molecule has 4 saturated heterocycles. The van der Waals surface area contributed by atoms with Crippen molar-refractivity contribution in [3.8, 4) is 0 Å². The van der Waals surface area contributed by atoms with E-state index >= 15 is 0 Å². The van der Waals surface area contributed by atoms with Crippen LogP contribution in [0.4, 0.5) is 0 Å². The van der Waals surface area contributed by atoms with Crippen LogP contribution in [0.25, 0.3) is 0 Å². The van der Waals surface area contributed by atoms with Gasteiger partial charge in [0.1, 0.15) is 52.9 Å². The minimum Gasteiger partial charge on any atom is -0.662 e. The van der Waals surface area contributed by atoms with Gasteiger partial charge in [0.25, 0.3) is 36.0 Å². The third-order valence-electron chi connectivity index (χ3n) is 15.8. The van der Waals surface area contributed by atoms with Crippen LogP contribution in [0.3, 0.4) is 0 Å². The zero-order valence-electron chi connectivity index (χ0n) is 69.7. The molecule has 4 heterocycles. The number of nitrogens with zero attached hydrogens (tertiary/aromatic N) is 4. The quantitative estimate of drug-likeness (QED) is 0.00822. The molecular weight excluding hydrogens is 1710 g/mol. The summed E-state index contributed by atoms with van der Waals surface area (Å²) in [6.07, 6.45) is 0.556. The number of Topliss-reactive ketones (excluding diaryl/α,β-unsaturated/α-hetero) is 4. The van der Waals surface area contributed by atoms with Crippen molar-refractivity contribution in [2.24, 2.45) is 16.6 Å². The van der Waals surface area contributed by atoms with Crippen molar-refractivity contribution in [3.63, 3.8) is 0 Å². The number of carbonyl (C=O) groups is 19. The first kappa shape index (κ1) is 116. The smallest absolute Gasteiger partial charge is 0.662 e. The zero-order valence-corrected chi connectivity index (χ0v) is 71.7. The van der Waals surface area contributed by atoms with E-state index < -0.39 is 103 Å². The van der Waals surface area contributed by atoms with Crippen molar-refractivity contribution in [1.82, 2.24) is 20.3 Å². The van der Waals surface area contributed by atoms with Gasteiger partial charge in [0.05, 0.1) is 221 Å². The standard InChI is InChI=1S/C37H54N4O21.C33H52O20.C2H5NO2.CH2O3.Na/c42-28-4-1-9-38(28)59-33(47)20-51-12-16-55-24-37(25-56-17-13-52-21-34(48)60-39-10-2-5-29(39)43,26-57-18-14-53-22-35(49)61-40-11-3-6-30(40)44)27-58-19-15-54-23-36(50)62-41-31(45)7-8-32(41)46;34-25(1-5-29(38)39)17-46-9-13-50-21-33(22-51-14-10-47-18-26(35)2-6-30(40)41,23-52-15-11-48-19-27(36)3-7-31(42)43)24-53-16-12-49-20-28(37)4-8-32(44)45;3-1-2(4)5;2-1-4-3;/h1-27H2;1-24H2,(H,38,39)(H,40,41)(H,42,43)(H,44,45);1,3H2,(H,4,5);1,3H;/q;;;;+1/p-1. The van der Waals surface area contributed by atoms with Crippen molar-refractivity contribution in [2.75, 3.05) is 238 Å². The van der Waals surface area contributed by atoms with E-state index in [1.165, 1.54) is 0 Å². The summed E-state index contributed by atoms with van der Waals surface area (Å²) in [6, 6.07) is 0. The summed E-state index contributed by atoms with van der Waals surface area (Å²) in [7, 11) is 0. The van der Waals surface area contributed by atoms with E-state index in [-0.39, 0.29) is 333 Å². The van der Waals surface area contributed by atoms with Crippen molar-refractivity contribution in [1.29, 1.82) is 0 Å². The predicted molar refractivity (Wildman–Crippen MR) is 398 cm³/mol. The molecule has 4 aliphatic rings. The van der Waals surface area contributed by atoms with Crippen LogP contribution in [-0.2, 0) is 191 Å². The van der Waals surface area contributed by atoms with Gasteiger partial charge in [-0.15, -0.1) is 5.06 Å². The van der Waals surface area contributed by atoms with Gasteiger partial charge in [-0.3, -0.25) is 71.9 Å². The topological polar surface area (TPSA) is 681 Å². The number of imide groups is 1. The maximum absolute atomic E-state index is 12.1. The number of ether oxygens (including phenoxy) is 16. The van der Waals surface area contributed by atoms with E-state index in [9.17, 15) is 86.3 Å². The van der Waals surface area contributed by atoms with Crippen LogP contribution >= 0.6 is 0 Å². The van der Waals surface area contributed by atoms with E-state index in [1.807, 2.05) is 0 Å². The third-order valence-corrected chi connectivity index (χ3v) is 15.8. The van der Waals surface area contributed by atoms with Crippen LogP contribution < -0.4 is 40.5 Å². The second-order valence-electron chi connectivity index (χ2n) is 26.6. The summed E-state index contributed by atoms with van der Waals surface area (Å²) < 4.78 is 89.3. The molecule has 0 aromatic heterocycles. The number of hydrogen-bond acceptors (Lipinski definition) is 42. The number of rotatable bonds is 74. The Morgan fingerprint density at radius 2 is 0.496 bits per heavy atom. The first-order chi connectivity index (χ1) is 59.4. The molecule has 0 unspecified atom stereocenters. The van der Waals surface area contributed by atoms with E-state index in [0.29, 0.717) is 63.2 Å². The largest absolute Gasteiger partial charge is 1.00 e. The second kappa shape index (κ2) is 73.3. The van der Waals surface area contributed by atoms with Crippen LogP contribution in [0, 0.1) is 10.8 Å². The molecule has 0 aliphatic carbocycles. The molecule has 4 rings (SSSR count). The molecule has 0 spiro atoms. The van der Waals surface area contributed by atoms with Gasteiger partial charge in [-0.05, 0) is 19.3 Å². The Balaban J connectivity index is 0.00000225. The van der Waals surface area contributed by atoms with E-state index in [1.54, 1.807) is 0 Å². The third kappa shape index (κ3) is 62.9. The second-order valence-corrected chi connectivity index (χ2v) is 26.6. The Labute approximate surface area is 738 Å². The molecule has 5 amide bonds. The minimum atomic E-state index is -1.10. The van der Waals surface area contributed by atoms with E-state index in [2.05, 4.69) is 10.6 Å². The molecule has 0 atom stereocenters. The van der Waals surface area contributed by atoms with Gasteiger partial charge in [0, 0.05) is 57.8 Å². The normalized spacial score (nSPS) is 13.6. The van der Waals surface area contributed by atoms with Gasteiger partial charge < -0.3 is 137 Å². The van der Waals surface area contributed by atoms with Gasteiger partial charge in [-0.2, -0.15) is 15.2 Å². The van der Waals surface area contributed by atoms with Crippen molar-refractivity contribution in [2.45, 2.75) is 103 Å². The number of carboxylic acid groups (broad SMARTS) is 5. The fourth-order valence-corrected chi connectivity index (χ4v) is 9.79. The molecule has 125 heavy (non-hydrogen) atoms. The number of aliphatic carboxylic acids is 5. The summed E-state index contributed by atoms with van der Waals surface area (Å²) in [4.78, 5) is 237. The van der Waals surface area contributed by atoms with Gasteiger partial charge in [-0.1, -0.05) is 0 Å². The van der Waals surface area contributed by atoms with Crippen molar-refractivity contribution < 1.29 is 251 Å². The monoisotopic (exact) mass is 1820 g/mol. The van der Waals surface area contributed by atoms with E-state index in [4.69, 9.17) is 131 Å². The predicted octanol–water partition coefficient (Wildman–Crippen LogP) is -7.74. The average Bonchev–Trinajstić information content (AvgIpc) is 1.68. The van der Waals surface area contributed by atoms with Crippen LogP contribution in [-0.4, -0.2) is 396 Å². The van der Waals surface area contributed by atoms with E-state index in [0.717, 1.165) is 15.2 Å². The first-order valence-electron chi connectivity index (χ1n) is 38.8. The molecule has 51 nitrogen and oxygen atoms in total. The molecule has 52 heteroatoms. The maximum atomic E-state index is 12.1. The Kier molecular flexibility index (Phi) is 68.1. The number of carboxylic acids is 5. The Morgan fingerprint density at radius 3 is 0.672 bits per heavy atom. The molecule has 0 aromatic rings. The minimum absolute atomic E-state index is 0. The fourth-order valence-electron chi connectivity index (χ4n) is 9.79. The molecule has 7 N–H and O–H groups in total. The Hall–Kier alpha value is -8.79. The molecule has 0 radical (unpaired) electrons. The van der Waals surface area contributed by atoms with Gasteiger partial charge in [0.2, 0.25) is 0 Å². The number of hydrogen-bond donors (Lipinski definition) is 6. The first-order valence-corrected chi connectivity index (χ1v) is 38.8. The number of amides is 5. The molecule has 0 bridgehead atoms. The Morgan fingerprint density at radius 1 is 0.304 bits per heavy atom. The van der Waals surface area contributed by atoms with Crippen molar-refractivity contribution >= 4 is 113 Å². The summed E-state index contributed by atoms with van der Waals surface area (Å²) in [5.74, 6) is -12.3. The Bertz CT molecular complexity index is 2960. The van der Waals surface area contributed by atoms with Crippen LogP contribution in [0.2, 0.25) is 0 Å². The molecule has 0 aromatic carbocycles. The van der Waals surface area contributed by atoms with Crippen molar-refractivity contribution in [3.05, 3.63) is 0 Å². The molecule has 4 fully saturated rings. The van der Waals surface area contributed by atoms with Crippen LogP contribution in [0.15, 0.2) is 0 Å². The maximum Gasteiger partial charge on any atom is 1.00 e.